The number of hydrogen-bond donors (Lipinski definition) is 1. The molecule has 2 rings (SSSR count). The molecule has 22 heavy (non-hydrogen) atoms. The minimum absolute atomic E-state index is 0.221. The number of thioether (sulfide) groups is 1. The average Bonchev–Trinajstić information content (AvgIpc) is 2.94. The highest BCUT2D eigenvalue weighted by Crippen LogP contribution is 2.18. The maximum atomic E-state index is 11.2. The highest BCUT2D eigenvalue weighted by atomic mass is 35.5. The summed E-state index contributed by atoms with van der Waals surface area (Å²) >= 11 is 7.18. The molecule has 0 aliphatic heterocycles. The molecule has 0 fully saturated rings. The number of nitrogens with one attached hydrogen (secondary N) is 1. The van der Waals surface area contributed by atoms with E-state index < -0.39 is 0 Å². The van der Waals surface area contributed by atoms with Gasteiger partial charge in [0.2, 0.25) is 0 Å². The quantitative estimate of drug-likeness (QED) is 0.617. The van der Waals surface area contributed by atoms with E-state index in [1.54, 1.807) is 0 Å². The second kappa shape index (κ2) is 8.05. The van der Waals surface area contributed by atoms with Crippen LogP contribution in [0.2, 0.25) is 5.02 Å². The van der Waals surface area contributed by atoms with E-state index in [2.05, 4.69) is 20.3 Å². The van der Waals surface area contributed by atoms with Gasteiger partial charge < -0.3 is 14.6 Å². The number of aromatic nitrogens is 3. The predicted octanol–water partition coefficient (Wildman–Crippen LogP) is 2.83. The van der Waals surface area contributed by atoms with Gasteiger partial charge in [0, 0.05) is 17.3 Å². The Morgan fingerprint density at radius 1 is 1.36 bits per heavy atom. The number of nitrogens with zero attached hydrogens (tertiary/aromatic N) is 3. The number of benzene rings is 1. The van der Waals surface area contributed by atoms with Crippen LogP contribution in [0.15, 0.2) is 29.4 Å². The Labute approximate surface area is 138 Å². The SMILES string of the molecule is CCn1c(CNc2ccc(Cl)cc2)nnc1SCC(=O)OC. The molecule has 0 atom stereocenters. The van der Waals surface area contributed by atoms with Crippen molar-refractivity contribution in [2.24, 2.45) is 0 Å². The number of ether oxygens (including phenoxy) is 1. The van der Waals surface area contributed by atoms with Crippen molar-refractivity contribution in [3.63, 3.8) is 0 Å². The minimum Gasteiger partial charge on any atom is -0.468 e. The predicted molar refractivity (Wildman–Crippen MR) is 87.2 cm³/mol. The lowest BCUT2D eigenvalue weighted by Gasteiger charge is -2.09. The number of esters is 1. The molecule has 0 bridgehead atoms. The first-order valence-corrected chi connectivity index (χ1v) is 8.11. The third-order valence-corrected chi connectivity index (χ3v) is 4.14. The van der Waals surface area contributed by atoms with Gasteiger partial charge in [0.25, 0.3) is 0 Å². The van der Waals surface area contributed by atoms with Crippen molar-refractivity contribution in [2.75, 3.05) is 18.2 Å². The number of methoxy groups -OCH3 is 1. The van der Waals surface area contributed by atoms with E-state index in [1.807, 2.05) is 35.8 Å². The molecule has 2 aromatic rings. The summed E-state index contributed by atoms with van der Waals surface area (Å²) in [6.45, 7) is 3.28. The molecule has 0 amide bonds. The summed E-state index contributed by atoms with van der Waals surface area (Å²) in [5.74, 6) is 0.750. The monoisotopic (exact) mass is 340 g/mol. The van der Waals surface area contributed by atoms with Gasteiger partial charge in [-0.05, 0) is 31.2 Å². The Morgan fingerprint density at radius 3 is 2.73 bits per heavy atom. The summed E-state index contributed by atoms with van der Waals surface area (Å²) in [5, 5.41) is 13.0. The number of anilines is 1. The summed E-state index contributed by atoms with van der Waals surface area (Å²) in [5.41, 5.74) is 0.957. The molecular weight excluding hydrogens is 324 g/mol. The van der Waals surface area contributed by atoms with E-state index in [0.29, 0.717) is 16.7 Å². The summed E-state index contributed by atoms with van der Waals surface area (Å²) in [6.07, 6.45) is 0. The van der Waals surface area contributed by atoms with Gasteiger partial charge in [-0.15, -0.1) is 10.2 Å². The van der Waals surface area contributed by atoms with Crippen LogP contribution >= 0.6 is 23.4 Å². The summed E-state index contributed by atoms with van der Waals surface area (Å²) in [6, 6.07) is 7.46. The molecule has 1 aromatic heterocycles. The molecule has 8 heteroatoms. The van der Waals surface area contributed by atoms with Crippen molar-refractivity contribution >= 4 is 35.0 Å². The molecule has 0 unspecified atom stereocenters. The van der Waals surface area contributed by atoms with Crippen molar-refractivity contribution in [3.8, 4) is 0 Å². The van der Waals surface area contributed by atoms with E-state index in [0.717, 1.165) is 18.1 Å². The number of carbonyl (C=O) groups excluding carboxylic acids is 1. The van der Waals surface area contributed by atoms with Crippen LogP contribution in [0.1, 0.15) is 12.7 Å². The van der Waals surface area contributed by atoms with Gasteiger partial charge in [0.15, 0.2) is 11.0 Å². The lowest BCUT2D eigenvalue weighted by Crippen LogP contribution is -2.10. The van der Waals surface area contributed by atoms with Crippen molar-refractivity contribution < 1.29 is 9.53 Å². The second-order valence-corrected chi connectivity index (χ2v) is 5.75. The molecule has 0 aliphatic carbocycles. The van der Waals surface area contributed by atoms with Crippen LogP contribution in [0.3, 0.4) is 0 Å². The largest absolute Gasteiger partial charge is 0.468 e. The van der Waals surface area contributed by atoms with Crippen molar-refractivity contribution in [3.05, 3.63) is 35.1 Å². The highest BCUT2D eigenvalue weighted by molar-refractivity contribution is 7.99. The van der Waals surface area contributed by atoms with Gasteiger partial charge in [0.05, 0.1) is 19.4 Å². The van der Waals surface area contributed by atoms with E-state index in [1.165, 1.54) is 18.9 Å². The van der Waals surface area contributed by atoms with Crippen LogP contribution in [0, 0.1) is 0 Å². The van der Waals surface area contributed by atoms with Gasteiger partial charge in [-0.25, -0.2) is 0 Å². The maximum Gasteiger partial charge on any atom is 0.316 e. The maximum absolute atomic E-state index is 11.2. The van der Waals surface area contributed by atoms with Crippen molar-refractivity contribution in [2.45, 2.75) is 25.2 Å². The first-order chi connectivity index (χ1) is 10.6. The van der Waals surface area contributed by atoms with Gasteiger partial charge in [-0.1, -0.05) is 23.4 Å². The molecule has 0 spiro atoms. The summed E-state index contributed by atoms with van der Waals surface area (Å²) in [4.78, 5) is 11.2. The third kappa shape index (κ3) is 4.38. The van der Waals surface area contributed by atoms with Crippen LogP contribution < -0.4 is 5.32 Å². The molecule has 118 valence electrons. The Morgan fingerprint density at radius 2 is 2.09 bits per heavy atom. The lowest BCUT2D eigenvalue weighted by molar-refractivity contribution is -0.137. The number of rotatable bonds is 7. The minimum atomic E-state index is -0.281. The lowest BCUT2D eigenvalue weighted by atomic mass is 10.3. The fourth-order valence-electron chi connectivity index (χ4n) is 1.81. The van der Waals surface area contributed by atoms with Crippen LogP contribution in [-0.2, 0) is 22.6 Å². The first kappa shape index (κ1) is 16.6. The number of carbonyl (C=O) groups is 1. The van der Waals surface area contributed by atoms with Gasteiger partial charge in [0.1, 0.15) is 0 Å². The Bertz CT molecular complexity index is 630. The van der Waals surface area contributed by atoms with Crippen LogP contribution in [0.5, 0.6) is 0 Å². The van der Waals surface area contributed by atoms with Gasteiger partial charge in [-0.3, -0.25) is 4.79 Å². The van der Waals surface area contributed by atoms with E-state index in [9.17, 15) is 4.79 Å². The standard InChI is InChI=1S/C14H17ClN4O2S/c1-3-19-12(8-16-11-6-4-10(15)5-7-11)17-18-14(19)22-9-13(20)21-2/h4-7,16H,3,8-9H2,1-2H3. The number of hydrogen-bond acceptors (Lipinski definition) is 6. The second-order valence-electron chi connectivity index (χ2n) is 4.37. The normalized spacial score (nSPS) is 10.5. The fourth-order valence-corrected chi connectivity index (χ4v) is 2.79. The smallest absolute Gasteiger partial charge is 0.316 e. The third-order valence-electron chi connectivity index (χ3n) is 2.95. The van der Waals surface area contributed by atoms with Crippen LogP contribution in [-0.4, -0.2) is 33.6 Å². The molecular formula is C14H17ClN4O2S. The Hall–Kier alpha value is -1.73. The number of halogens is 1. The summed E-state index contributed by atoms with van der Waals surface area (Å²) < 4.78 is 6.60. The van der Waals surface area contributed by atoms with Gasteiger partial charge in [-0.2, -0.15) is 0 Å². The topological polar surface area (TPSA) is 69.0 Å². The zero-order valence-electron chi connectivity index (χ0n) is 12.4. The van der Waals surface area contributed by atoms with Gasteiger partial charge >= 0.3 is 5.97 Å². The van der Waals surface area contributed by atoms with E-state index in [-0.39, 0.29) is 11.7 Å². The Balaban J connectivity index is 2.00. The molecule has 1 heterocycles. The molecule has 0 aliphatic rings. The fraction of sp³-hybridized carbons (Fsp3) is 0.357. The molecule has 1 N–H and O–H groups in total. The molecule has 1 aromatic carbocycles. The average molecular weight is 341 g/mol. The van der Waals surface area contributed by atoms with Crippen LogP contribution in [0.25, 0.3) is 0 Å². The summed E-state index contributed by atoms with van der Waals surface area (Å²) in [7, 11) is 1.37. The zero-order chi connectivity index (χ0) is 15.9. The first-order valence-electron chi connectivity index (χ1n) is 6.75. The molecule has 6 nitrogen and oxygen atoms in total. The molecule has 0 saturated carbocycles. The van der Waals surface area contributed by atoms with E-state index in [4.69, 9.17) is 11.6 Å². The molecule has 0 saturated heterocycles. The van der Waals surface area contributed by atoms with Crippen molar-refractivity contribution in [1.29, 1.82) is 0 Å². The van der Waals surface area contributed by atoms with E-state index >= 15 is 0 Å². The van der Waals surface area contributed by atoms with Crippen molar-refractivity contribution in [1.82, 2.24) is 14.8 Å². The zero-order valence-corrected chi connectivity index (χ0v) is 13.9. The highest BCUT2D eigenvalue weighted by Gasteiger charge is 2.13. The Kier molecular flexibility index (Phi) is 6.09. The van der Waals surface area contributed by atoms with Crippen LogP contribution in [0.4, 0.5) is 5.69 Å². The molecule has 0 radical (unpaired) electrons.